The molecule has 0 radical (unpaired) electrons. The summed E-state index contributed by atoms with van der Waals surface area (Å²) in [7, 11) is 0. The predicted octanol–water partition coefficient (Wildman–Crippen LogP) is 2.02. The monoisotopic (exact) mass is 368 g/mol. The molecule has 1 saturated heterocycles. The van der Waals surface area contributed by atoms with Crippen LogP contribution in [0.1, 0.15) is 24.0 Å². The highest BCUT2D eigenvalue weighted by atomic mass is 19.1. The van der Waals surface area contributed by atoms with E-state index in [9.17, 15) is 18.8 Å². The molecule has 2 amide bonds. The van der Waals surface area contributed by atoms with Crippen LogP contribution in [0, 0.1) is 5.82 Å². The third-order valence-electron chi connectivity index (χ3n) is 4.89. The summed E-state index contributed by atoms with van der Waals surface area (Å²) in [6.45, 7) is 0. The number of ketones is 1. The Morgan fingerprint density at radius 2 is 1.81 bits per heavy atom. The number of carbonyl (C=O) groups excluding carboxylic acids is 3. The number of benzene rings is 2. The number of primary amides is 1. The highest BCUT2D eigenvalue weighted by molar-refractivity contribution is 6.37. The Labute approximate surface area is 157 Å². The molecule has 1 aliphatic heterocycles. The largest absolute Gasteiger partial charge is 0.363 e. The molecule has 0 aliphatic carbocycles. The van der Waals surface area contributed by atoms with Crippen molar-refractivity contribution < 1.29 is 18.8 Å². The lowest BCUT2D eigenvalue weighted by molar-refractivity contribution is -0.144. The van der Waals surface area contributed by atoms with Crippen molar-refractivity contribution in [2.75, 3.05) is 0 Å². The van der Waals surface area contributed by atoms with E-state index >= 15 is 0 Å². The normalized spacial score (nSPS) is 17.7. The number of rotatable bonds is 7. The Bertz CT molecular complexity index is 854. The fraction of sp³-hybridized carbons (Fsp3) is 0.286. The van der Waals surface area contributed by atoms with Crippen molar-refractivity contribution in [3.63, 3.8) is 0 Å². The lowest BCUT2D eigenvalue weighted by atomic mass is 9.97. The van der Waals surface area contributed by atoms with Gasteiger partial charge in [0.05, 0.1) is 0 Å². The summed E-state index contributed by atoms with van der Waals surface area (Å²) in [6, 6.07) is 14.1. The van der Waals surface area contributed by atoms with Crippen molar-refractivity contribution in [3.8, 4) is 0 Å². The standard InChI is InChI=1S/C21H21FN2O3/c22-16-8-4-7-15(11-16)12-17-9-10-19(25)24(17)18(20(26)21(23)27)13-14-5-2-1-3-6-14/h1-8,11,17-18H,9-10,12-13H2,(H2,23,27)/t17-,18?/m1/s1. The Morgan fingerprint density at radius 1 is 1.11 bits per heavy atom. The van der Waals surface area contributed by atoms with Crippen LogP contribution < -0.4 is 5.73 Å². The first-order valence-corrected chi connectivity index (χ1v) is 8.89. The second kappa shape index (κ2) is 8.12. The molecule has 1 heterocycles. The van der Waals surface area contributed by atoms with Crippen molar-refractivity contribution in [3.05, 3.63) is 71.5 Å². The van der Waals surface area contributed by atoms with Crippen molar-refractivity contribution >= 4 is 17.6 Å². The molecule has 0 aromatic heterocycles. The Hall–Kier alpha value is -3.02. The average Bonchev–Trinajstić information content (AvgIpc) is 3.00. The molecule has 2 atom stereocenters. The van der Waals surface area contributed by atoms with Gasteiger partial charge >= 0.3 is 0 Å². The van der Waals surface area contributed by atoms with Gasteiger partial charge < -0.3 is 10.6 Å². The lowest BCUT2D eigenvalue weighted by Crippen LogP contribution is -2.51. The van der Waals surface area contributed by atoms with Gasteiger partial charge in [-0.1, -0.05) is 42.5 Å². The number of hydrogen-bond donors (Lipinski definition) is 1. The van der Waals surface area contributed by atoms with Crippen LogP contribution in [-0.4, -0.2) is 34.6 Å². The van der Waals surface area contributed by atoms with E-state index in [4.69, 9.17) is 5.73 Å². The van der Waals surface area contributed by atoms with E-state index in [1.807, 2.05) is 30.3 Å². The molecule has 27 heavy (non-hydrogen) atoms. The van der Waals surface area contributed by atoms with E-state index in [1.54, 1.807) is 12.1 Å². The highest BCUT2D eigenvalue weighted by Crippen LogP contribution is 2.27. The van der Waals surface area contributed by atoms with Crippen LogP contribution >= 0.6 is 0 Å². The van der Waals surface area contributed by atoms with Crippen molar-refractivity contribution in [1.82, 2.24) is 4.90 Å². The smallest absolute Gasteiger partial charge is 0.287 e. The van der Waals surface area contributed by atoms with Gasteiger partial charge in [0, 0.05) is 18.9 Å². The van der Waals surface area contributed by atoms with E-state index < -0.39 is 17.7 Å². The van der Waals surface area contributed by atoms with Gasteiger partial charge in [0.15, 0.2) is 0 Å². The molecule has 1 aliphatic rings. The fourth-order valence-corrected chi connectivity index (χ4v) is 3.65. The zero-order valence-electron chi connectivity index (χ0n) is 14.8. The second-order valence-electron chi connectivity index (χ2n) is 6.76. The minimum absolute atomic E-state index is 0.188. The number of carbonyl (C=O) groups is 3. The number of Topliss-reactive ketones (excluding diaryl/α,β-unsaturated/α-hetero) is 1. The maximum Gasteiger partial charge on any atom is 0.287 e. The summed E-state index contributed by atoms with van der Waals surface area (Å²) >= 11 is 0. The quantitative estimate of drug-likeness (QED) is 0.760. The molecule has 0 saturated carbocycles. The maximum atomic E-state index is 13.5. The van der Waals surface area contributed by atoms with Gasteiger partial charge in [-0.05, 0) is 36.1 Å². The van der Waals surface area contributed by atoms with Gasteiger partial charge in [0.25, 0.3) is 5.91 Å². The van der Waals surface area contributed by atoms with Crippen LogP contribution in [0.5, 0.6) is 0 Å². The molecule has 1 unspecified atom stereocenters. The summed E-state index contributed by atoms with van der Waals surface area (Å²) in [6.07, 6.45) is 1.47. The number of halogens is 1. The van der Waals surface area contributed by atoms with Gasteiger partial charge in [-0.2, -0.15) is 0 Å². The molecular weight excluding hydrogens is 347 g/mol. The van der Waals surface area contributed by atoms with E-state index in [2.05, 4.69) is 0 Å². The summed E-state index contributed by atoms with van der Waals surface area (Å²) in [5, 5.41) is 0. The molecule has 5 nitrogen and oxygen atoms in total. The second-order valence-corrected chi connectivity index (χ2v) is 6.76. The first-order chi connectivity index (χ1) is 13.0. The number of nitrogens with two attached hydrogens (primary N) is 1. The fourth-order valence-electron chi connectivity index (χ4n) is 3.65. The van der Waals surface area contributed by atoms with Crippen LogP contribution in [0.2, 0.25) is 0 Å². The zero-order chi connectivity index (χ0) is 19.4. The molecular formula is C21H21FN2O3. The number of hydrogen-bond acceptors (Lipinski definition) is 3. The Kier molecular flexibility index (Phi) is 5.64. The lowest BCUT2D eigenvalue weighted by Gasteiger charge is -2.32. The predicted molar refractivity (Wildman–Crippen MR) is 98.1 cm³/mol. The molecule has 6 heteroatoms. The van der Waals surface area contributed by atoms with Gasteiger partial charge in [-0.25, -0.2) is 4.39 Å². The summed E-state index contributed by atoms with van der Waals surface area (Å²) in [5.41, 5.74) is 6.82. The van der Waals surface area contributed by atoms with Crippen molar-refractivity contribution in [1.29, 1.82) is 0 Å². The zero-order valence-corrected chi connectivity index (χ0v) is 14.8. The number of likely N-dealkylation sites (tertiary alicyclic amines) is 1. The molecule has 140 valence electrons. The molecule has 3 rings (SSSR count). The maximum absolute atomic E-state index is 13.5. The average molecular weight is 368 g/mol. The molecule has 0 bridgehead atoms. The Balaban J connectivity index is 1.88. The van der Waals surface area contributed by atoms with Gasteiger partial charge in [-0.15, -0.1) is 0 Å². The molecule has 2 N–H and O–H groups in total. The SMILES string of the molecule is NC(=O)C(=O)C(Cc1ccccc1)N1C(=O)CC[C@@H]1Cc1cccc(F)c1. The van der Waals surface area contributed by atoms with Gasteiger partial charge in [0.2, 0.25) is 11.7 Å². The topological polar surface area (TPSA) is 80.5 Å². The van der Waals surface area contributed by atoms with Gasteiger partial charge in [0.1, 0.15) is 11.9 Å². The van der Waals surface area contributed by atoms with E-state index in [0.717, 1.165) is 11.1 Å². The molecule has 1 fully saturated rings. The third-order valence-corrected chi connectivity index (χ3v) is 4.89. The van der Waals surface area contributed by atoms with E-state index in [0.29, 0.717) is 12.8 Å². The molecule has 0 spiro atoms. The minimum Gasteiger partial charge on any atom is -0.363 e. The first kappa shape index (κ1) is 18.8. The van der Waals surface area contributed by atoms with Crippen molar-refractivity contribution in [2.45, 2.75) is 37.8 Å². The van der Waals surface area contributed by atoms with Gasteiger partial charge in [-0.3, -0.25) is 14.4 Å². The van der Waals surface area contributed by atoms with Crippen molar-refractivity contribution in [2.24, 2.45) is 5.73 Å². The summed E-state index contributed by atoms with van der Waals surface area (Å²) in [5.74, 6) is -2.37. The molecule has 2 aromatic rings. The summed E-state index contributed by atoms with van der Waals surface area (Å²) < 4.78 is 13.5. The Morgan fingerprint density at radius 3 is 2.48 bits per heavy atom. The van der Waals surface area contributed by atoms with E-state index in [1.165, 1.54) is 17.0 Å². The first-order valence-electron chi connectivity index (χ1n) is 8.89. The van der Waals surface area contributed by atoms with Crippen LogP contribution in [0.3, 0.4) is 0 Å². The van der Waals surface area contributed by atoms with E-state index in [-0.39, 0.29) is 30.6 Å². The van der Waals surface area contributed by atoms with Crippen LogP contribution in [0.15, 0.2) is 54.6 Å². The summed E-state index contributed by atoms with van der Waals surface area (Å²) in [4.78, 5) is 38.1. The number of nitrogens with zero attached hydrogens (tertiary/aromatic N) is 1. The number of amides is 2. The third kappa shape index (κ3) is 4.39. The molecule has 2 aromatic carbocycles. The van der Waals surface area contributed by atoms with Crippen LogP contribution in [0.4, 0.5) is 4.39 Å². The highest BCUT2D eigenvalue weighted by Gasteiger charge is 2.40. The van der Waals surface area contributed by atoms with Crippen LogP contribution in [-0.2, 0) is 27.2 Å². The van der Waals surface area contributed by atoms with Crippen LogP contribution in [0.25, 0.3) is 0 Å². The minimum atomic E-state index is -1.06.